The normalized spacial score (nSPS) is 32.9. The number of ketones is 1. The van der Waals surface area contributed by atoms with Crippen LogP contribution in [0, 0.1) is 11.8 Å². The molecule has 1 amide bonds. The van der Waals surface area contributed by atoms with Gasteiger partial charge in [0, 0.05) is 11.8 Å². The molecule has 11 heavy (non-hydrogen) atoms. The number of nitrogens with one attached hydrogen (secondary N) is 2. The lowest BCUT2D eigenvalue weighted by Crippen LogP contribution is -2.38. The fourth-order valence-corrected chi connectivity index (χ4v) is 0.999. The van der Waals surface area contributed by atoms with Gasteiger partial charge in [-0.3, -0.25) is 15.0 Å². The molecule has 2 N–H and O–H groups in total. The average molecular weight is 156 g/mol. The first-order valence-corrected chi connectivity index (χ1v) is 3.68. The Hall–Kier alpha value is -0.900. The second kappa shape index (κ2) is 3.00. The van der Waals surface area contributed by atoms with Crippen molar-refractivity contribution in [2.24, 2.45) is 11.8 Å². The van der Waals surface area contributed by atoms with Gasteiger partial charge in [0.2, 0.25) is 5.91 Å². The molecule has 0 aromatic carbocycles. The number of carbonyl (C=O) groups is 2. The van der Waals surface area contributed by atoms with Crippen molar-refractivity contribution in [2.75, 3.05) is 6.54 Å². The second-order valence-electron chi connectivity index (χ2n) is 2.89. The summed E-state index contributed by atoms with van der Waals surface area (Å²) in [6.45, 7) is 3.77. The summed E-state index contributed by atoms with van der Waals surface area (Å²) in [4.78, 5) is 22.2. The highest BCUT2D eigenvalue weighted by Gasteiger charge is 2.28. The number of carbonyl (C=O) groups excluding carboxylic acids is 2. The zero-order chi connectivity index (χ0) is 8.43. The van der Waals surface area contributed by atoms with Gasteiger partial charge in [0.15, 0.2) is 5.78 Å². The van der Waals surface area contributed by atoms with Crippen molar-refractivity contribution >= 4 is 11.7 Å². The molecule has 0 aliphatic carbocycles. The van der Waals surface area contributed by atoms with Crippen molar-refractivity contribution in [3.63, 3.8) is 0 Å². The maximum atomic E-state index is 11.1. The van der Waals surface area contributed by atoms with Crippen LogP contribution in [-0.4, -0.2) is 18.2 Å². The molecular weight excluding hydrogens is 144 g/mol. The van der Waals surface area contributed by atoms with E-state index in [0.29, 0.717) is 0 Å². The van der Waals surface area contributed by atoms with Gasteiger partial charge in [0.1, 0.15) is 0 Å². The molecule has 0 radical (unpaired) electrons. The Morgan fingerprint density at radius 3 is 2.55 bits per heavy atom. The van der Waals surface area contributed by atoms with Crippen molar-refractivity contribution in [3.05, 3.63) is 0 Å². The van der Waals surface area contributed by atoms with E-state index in [1.165, 1.54) is 0 Å². The topological polar surface area (TPSA) is 58.2 Å². The van der Waals surface area contributed by atoms with Crippen molar-refractivity contribution < 1.29 is 9.59 Å². The molecular formula is C7H12N2O2. The van der Waals surface area contributed by atoms with Gasteiger partial charge in [-0.25, -0.2) is 5.43 Å². The summed E-state index contributed by atoms with van der Waals surface area (Å²) in [5, 5.41) is 0. The fourth-order valence-electron chi connectivity index (χ4n) is 0.999. The molecule has 1 rings (SSSR count). The number of amides is 1. The number of hydrogen-bond acceptors (Lipinski definition) is 3. The SMILES string of the molecule is CC1C(=O)CNNC(=O)C1C. The van der Waals surface area contributed by atoms with E-state index in [2.05, 4.69) is 10.9 Å². The summed E-state index contributed by atoms with van der Waals surface area (Å²) in [5.74, 6) is -0.429. The smallest absolute Gasteiger partial charge is 0.237 e. The quantitative estimate of drug-likeness (QED) is 0.495. The average Bonchev–Trinajstić information content (AvgIpc) is 2.07. The Labute approximate surface area is 65.3 Å². The monoisotopic (exact) mass is 156 g/mol. The van der Waals surface area contributed by atoms with Gasteiger partial charge < -0.3 is 0 Å². The van der Waals surface area contributed by atoms with Crippen LogP contribution in [0.25, 0.3) is 0 Å². The van der Waals surface area contributed by atoms with Crippen LogP contribution in [0.4, 0.5) is 0 Å². The molecule has 0 aromatic rings. The molecule has 1 aliphatic heterocycles. The molecule has 0 spiro atoms. The van der Waals surface area contributed by atoms with Gasteiger partial charge >= 0.3 is 0 Å². The third-order valence-corrected chi connectivity index (χ3v) is 2.15. The maximum absolute atomic E-state index is 11.1. The van der Waals surface area contributed by atoms with E-state index in [0.717, 1.165) is 0 Å². The zero-order valence-corrected chi connectivity index (χ0v) is 6.68. The second-order valence-corrected chi connectivity index (χ2v) is 2.89. The highest BCUT2D eigenvalue weighted by Crippen LogP contribution is 2.12. The molecule has 1 fully saturated rings. The predicted octanol–water partition coefficient (Wildman–Crippen LogP) is -0.538. The molecule has 0 bridgehead atoms. The molecule has 0 aromatic heterocycles. The lowest BCUT2D eigenvalue weighted by atomic mass is 9.92. The minimum Gasteiger partial charge on any atom is -0.298 e. The Balaban J connectivity index is 2.73. The van der Waals surface area contributed by atoms with Crippen LogP contribution in [0.2, 0.25) is 0 Å². The third-order valence-electron chi connectivity index (χ3n) is 2.15. The van der Waals surface area contributed by atoms with Crippen LogP contribution in [0.1, 0.15) is 13.8 Å². The van der Waals surface area contributed by atoms with Crippen molar-refractivity contribution in [1.82, 2.24) is 10.9 Å². The number of hydrogen-bond donors (Lipinski definition) is 2. The molecule has 2 atom stereocenters. The first kappa shape index (κ1) is 8.20. The molecule has 4 nitrogen and oxygen atoms in total. The van der Waals surface area contributed by atoms with Gasteiger partial charge in [-0.05, 0) is 0 Å². The van der Waals surface area contributed by atoms with Crippen LogP contribution in [-0.2, 0) is 9.59 Å². The summed E-state index contributed by atoms with van der Waals surface area (Å²) >= 11 is 0. The van der Waals surface area contributed by atoms with E-state index >= 15 is 0 Å². The van der Waals surface area contributed by atoms with Gasteiger partial charge in [-0.2, -0.15) is 0 Å². The van der Waals surface area contributed by atoms with Crippen LogP contribution in [0.5, 0.6) is 0 Å². The minimum absolute atomic E-state index is 0.0795. The largest absolute Gasteiger partial charge is 0.298 e. The lowest BCUT2D eigenvalue weighted by molar-refractivity contribution is -0.129. The van der Waals surface area contributed by atoms with Crippen molar-refractivity contribution in [3.8, 4) is 0 Å². The van der Waals surface area contributed by atoms with E-state index in [9.17, 15) is 9.59 Å². The molecule has 1 heterocycles. The predicted molar refractivity (Wildman–Crippen MR) is 39.5 cm³/mol. The highest BCUT2D eigenvalue weighted by molar-refractivity contribution is 5.91. The number of rotatable bonds is 0. The van der Waals surface area contributed by atoms with Gasteiger partial charge in [0.25, 0.3) is 0 Å². The van der Waals surface area contributed by atoms with E-state index in [1.807, 2.05) is 0 Å². The minimum atomic E-state index is -0.225. The van der Waals surface area contributed by atoms with Crippen molar-refractivity contribution in [2.45, 2.75) is 13.8 Å². The first-order chi connectivity index (χ1) is 5.13. The van der Waals surface area contributed by atoms with Crippen molar-refractivity contribution in [1.29, 1.82) is 0 Å². The van der Waals surface area contributed by atoms with Gasteiger partial charge in [0.05, 0.1) is 6.54 Å². The van der Waals surface area contributed by atoms with E-state index in [1.54, 1.807) is 13.8 Å². The molecule has 1 saturated heterocycles. The Morgan fingerprint density at radius 2 is 1.91 bits per heavy atom. The maximum Gasteiger partial charge on any atom is 0.237 e. The standard InChI is InChI=1S/C7H12N2O2/c1-4-5(2)7(11)9-8-3-6(4)10/h4-5,8H,3H2,1-2H3,(H,9,11). The Morgan fingerprint density at radius 1 is 1.27 bits per heavy atom. The Kier molecular flexibility index (Phi) is 2.24. The third kappa shape index (κ3) is 1.57. The lowest BCUT2D eigenvalue weighted by Gasteiger charge is -2.11. The first-order valence-electron chi connectivity index (χ1n) is 3.68. The molecule has 62 valence electrons. The zero-order valence-electron chi connectivity index (χ0n) is 6.68. The summed E-state index contributed by atoms with van der Waals surface area (Å²) < 4.78 is 0. The highest BCUT2D eigenvalue weighted by atomic mass is 16.2. The molecule has 1 aliphatic rings. The fraction of sp³-hybridized carbons (Fsp3) is 0.714. The summed E-state index contributed by atoms with van der Waals surface area (Å²) in [6, 6.07) is 0. The van der Waals surface area contributed by atoms with E-state index < -0.39 is 0 Å². The number of hydrazine groups is 1. The molecule has 0 saturated carbocycles. The number of Topliss-reactive ketones (excluding diaryl/α,β-unsaturated/α-hetero) is 1. The van der Waals surface area contributed by atoms with Crippen LogP contribution in [0.3, 0.4) is 0 Å². The molecule has 4 heteroatoms. The van der Waals surface area contributed by atoms with Crippen LogP contribution < -0.4 is 10.9 Å². The van der Waals surface area contributed by atoms with Crippen LogP contribution in [0.15, 0.2) is 0 Å². The summed E-state index contributed by atoms with van der Waals surface area (Å²) in [6.07, 6.45) is 0. The summed E-state index contributed by atoms with van der Waals surface area (Å²) in [7, 11) is 0. The summed E-state index contributed by atoms with van der Waals surface area (Å²) in [5.41, 5.74) is 5.00. The molecule has 2 unspecified atom stereocenters. The van der Waals surface area contributed by atoms with E-state index in [4.69, 9.17) is 0 Å². The van der Waals surface area contributed by atoms with Gasteiger partial charge in [-0.1, -0.05) is 13.8 Å². The van der Waals surface area contributed by atoms with Crippen LogP contribution >= 0.6 is 0 Å². The van der Waals surface area contributed by atoms with Gasteiger partial charge in [-0.15, -0.1) is 0 Å². The Bertz CT molecular complexity index is 171. The van der Waals surface area contributed by atoms with E-state index in [-0.39, 0.29) is 30.1 Å².